The van der Waals surface area contributed by atoms with E-state index in [0.717, 1.165) is 6.20 Å². The van der Waals surface area contributed by atoms with Crippen molar-refractivity contribution in [1.82, 2.24) is 9.55 Å². The lowest BCUT2D eigenvalue weighted by atomic mass is 10.2. The van der Waals surface area contributed by atoms with E-state index in [-0.39, 0.29) is 5.56 Å². The number of aromatic amines is 1. The van der Waals surface area contributed by atoms with Gasteiger partial charge in [-0.2, -0.15) is 0 Å². The van der Waals surface area contributed by atoms with Crippen molar-refractivity contribution in [2.24, 2.45) is 0 Å². The van der Waals surface area contributed by atoms with Gasteiger partial charge < -0.3 is 19.6 Å². The second-order valence-corrected chi connectivity index (χ2v) is 5.83. The van der Waals surface area contributed by atoms with Crippen molar-refractivity contribution in [3.8, 4) is 0 Å². The number of hydrogen-bond acceptors (Lipinski definition) is 6. The molecule has 0 amide bonds. The molecule has 1 fully saturated rings. The number of rotatable bonds is 4. The van der Waals surface area contributed by atoms with Gasteiger partial charge in [-0.1, -0.05) is 0 Å². The molecule has 0 aromatic carbocycles. The Morgan fingerprint density at radius 1 is 1.68 bits per heavy atom. The van der Waals surface area contributed by atoms with Crippen molar-refractivity contribution in [3.63, 3.8) is 0 Å². The van der Waals surface area contributed by atoms with E-state index < -0.39 is 50.2 Å². The summed E-state index contributed by atoms with van der Waals surface area (Å²) >= 11 is 0. The van der Waals surface area contributed by atoms with Crippen molar-refractivity contribution in [2.75, 3.05) is 6.56 Å². The van der Waals surface area contributed by atoms with Gasteiger partial charge in [0, 0.05) is 18.2 Å². The Bertz CT molecular complexity index is 807. The summed E-state index contributed by atoms with van der Waals surface area (Å²) in [5.74, 6) is -3.46. The Balaban J connectivity index is 2.39. The lowest BCUT2D eigenvalue weighted by molar-refractivity contribution is -0.178. The highest BCUT2D eigenvalue weighted by atomic mass is 31.2. The molecule has 0 saturated carbocycles. The van der Waals surface area contributed by atoms with Gasteiger partial charge in [0.05, 0.1) is 2.74 Å². The molecule has 12 heteroatoms. The number of nitrogens with zero attached hydrogens (tertiary/aromatic N) is 1. The molecule has 2 heterocycles. The van der Waals surface area contributed by atoms with Crippen LogP contribution in [0.5, 0.6) is 0 Å². The molecule has 2 rings (SSSR count). The minimum Gasteiger partial charge on any atom is -0.388 e. The molecule has 1 aliphatic rings. The summed E-state index contributed by atoms with van der Waals surface area (Å²) in [7, 11) is -5.41. The maximum Gasteiger partial charge on any atom is 0.469 e. The second-order valence-electron chi connectivity index (χ2n) is 4.67. The Labute approximate surface area is 125 Å². The van der Waals surface area contributed by atoms with Crippen LogP contribution in [0.3, 0.4) is 0 Å². The predicted octanol–water partition coefficient (Wildman–Crippen LogP) is -1.10. The van der Waals surface area contributed by atoms with Crippen LogP contribution in [0.4, 0.5) is 4.39 Å². The van der Waals surface area contributed by atoms with Crippen LogP contribution in [0.2, 0.25) is 0 Å². The molecule has 10 nitrogen and oxygen atoms in total. The number of phosphoric acid groups is 1. The molecule has 1 aliphatic heterocycles. The monoisotopic (exact) mass is 342 g/mol. The zero-order valence-corrected chi connectivity index (χ0v) is 12.0. The van der Waals surface area contributed by atoms with Crippen molar-refractivity contribution >= 4 is 7.82 Å². The van der Waals surface area contributed by atoms with E-state index in [2.05, 4.69) is 4.52 Å². The van der Waals surface area contributed by atoms with E-state index in [1.165, 1.54) is 6.92 Å². The molecule has 4 N–H and O–H groups in total. The van der Waals surface area contributed by atoms with Crippen molar-refractivity contribution < 1.29 is 35.9 Å². The van der Waals surface area contributed by atoms with Gasteiger partial charge in [-0.05, 0) is 6.92 Å². The van der Waals surface area contributed by atoms with Crippen LogP contribution in [0.1, 0.15) is 21.0 Å². The Morgan fingerprint density at radius 3 is 2.91 bits per heavy atom. The first kappa shape index (κ1) is 14.2. The average Bonchev–Trinajstić information content (AvgIpc) is 2.68. The number of hydrogen-bond donors (Lipinski definition) is 4. The number of aryl methyl sites for hydroxylation is 1. The molecule has 124 valence electrons. The molecule has 3 atom stereocenters. The fourth-order valence-electron chi connectivity index (χ4n) is 1.90. The van der Waals surface area contributed by atoms with E-state index in [1.807, 2.05) is 4.98 Å². The third kappa shape index (κ3) is 3.69. The van der Waals surface area contributed by atoms with Crippen LogP contribution in [-0.4, -0.2) is 43.0 Å². The van der Waals surface area contributed by atoms with Crippen molar-refractivity contribution in [1.29, 1.82) is 0 Å². The second kappa shape index (κ2) is 5.69. The average molecular weight is 342 g/mol. The summed E-state index contributed by atoms with van der Waals surface area (Å²) in [5.41, 5.74) is -1.72. The van der Waals surface area contributed by atoms with Crippen LogP contribution in [0, 0.1) is 6.92 Å². The van der Waals surface area contributed by atoms with Crippen LogP contribution in [0.25, 0.3) is 0 Å². The molecule has 1 saturated heterocycles. The van der Waals surface area contributed by atoms with E-state index in [4.69, 9.17) is 17.3 Å². The summed E-state index contributed by atoms with van der Waals surface area (Å²) in [6, 6.07) is 0. The molecule has 0 aliphatic carbocycles. The standard InChI is InChI=1S/C10H14FN2O8P/c1-5-3-13(9(16)12-7(5)15)8-6(14)2-10(11,21-8)4-20-22(17,18)19/h3,6,8,14H,2,4H2,1H3,(H,12,15,16)(H2,17,18,19)/t6-,8-,10+/m1/s1/i4D2. The van der Waals surface area contributed by atoms with Gasteiger partial charge >= 0.3 is 13.5 Å². The molecule has 0 unspecified atom stereocenters. The number of aliphatic hydroxyl groups excluding tert-OH is 1. The fraction of sp³-hybridized carbons (Fsp3) is 0.600. The van der Waals surface area contributed by atoms with Gasteiger partial charge in [0.15, 0.2) is 6.23 Å². The number of nitrogens with one attached hydrogen (secondary N) is 1. The topological polar surface area (TPSA) is 151 Å². The van der Waals surface area contributed by atoms with Crippen molar-refractivity contribution in [3.05, 3.63) is 32.6 Å². The predicted molar refractivity (Wildman–Crippen MR) is 68.6 cm³/mol. The van der Waals surface area contributed by atoms with Gasteiger partial charge in [-0.15, -0.1) is 0 Å². The summed E-state index contributed by atoms with van der Waals surface area (Å²) in [5, 5.41) is 9.89. The molecule has 1 aromatic rings. The third-order valence-corrected chi connectivity index (χ3v) is 3.17. The normalized spacial score (nSPS) is 31.0. The highest BCUT2D eigenvalue weighted by molar-refractivity contribution is 7.46. The smallest absolute Gasteiger partial charge is 0.388 e. The quantitative estimate of drug-likeness (QED) is 0.503. The molecule has 22 heavy (non-hydrogen) atoms. The van der Waals surface area contributed by atoms with Crippen LogP contribution in [0.15, 0.2) is 15.8 Å². The Morgan fingerprint density at radius 2 is 2.32 bits per heavy atom. The summed E-state index contributed by atoms with van der Waals surface area (Å²) in [4.78, 5) is 42.3. The maximum atomic E-state index is 14.7. The Kier molecular flexibility index (Phi) is 3.68. The molecule has 0 bridgehead atoms. The number of ether oxygens (including phenoxy) is 1. The summed E-state index contributed by atoms with van der Waals surface area (Å²) < 4.78 is 49.3. The van der Waals surface area contributed by atoms with Crippen molar-refractivity contribution in [2.45, 2.75) is 31.5 Å². The summed E-state index contributed by atoms with van der Waals surface area (Å²) in [6.07, 6.45) is -3.60. The molecular weight excluding hydrogens is 326 g/mol. The number of halogens is 1. The highest BCUT2D eigenvalue weighted by Crippen LogP contribution is 2.42. The SMILES string of the molecule is [2H]C([2H])(OP(=O)(O)O)[C@]1(F)C[C@@H](O)[C@H](n2cc(C)c(=O)[nH]c2=O)O1. The minimum absolute atomic E-state index is 0.0382. The van der Waals surface area contributed by atoms with Gasteiger partial charge in [0.1, 0.15) is 12.7 Å². The molecule has 0 radical (unpaired) electrons. The number of alkyl halides is 1. The lowest BCUT2D eigenvalue weighted by Gasteiger charge is -2.21. The molecule has 0 spiro atoms. The van der Waals surface area contributed by atoms with Gasteiger partial charge in [-0.25, -0.2) is 13.8 Å². The third-order valence-electron chi connectivity index (χ3n) is 2.85. The number of H-pyrrole nitrogens is 1. The van der Waals surface area contributed by atoms with Gasteiger partial charge in [0.25, 0.3) is 5.56 Å². The number of phosphoric ester groups is 1. The van der Waals surface area contributed by atoms with E-state index >= 15 is 0 Å². The first-order valence-corrected chi connectivity index (χ1v) is 7.42. The highest BCUT2D eigenvalue weighted by Gasteiger charge is 2.49. The Hall–Kier alpha value is -1.36. The van der Waals surface area contributed by atoms with Crippen LogP contribution in [-0.2, 0) is 13.8 Å². The largest absolute Gasteiger partial charge is 0.469 e. The maximum absolute atomic E-state index is 14.7. The first-order chi connectivity index (χ1) is 10.8. The van der Waals surface area contributed by atoms with Crippen LogP contribution < -0.4 is 11.2 Å². The molecule has 1 aromatic heterocycles. The van der Waals surface area contributed by atoms with Gasteiger partial charge in [0.2, 0.25) is 5.85 Å². The number of aromatic nitrogens is 2. The first-order valence-electron chi connectivity index (χ1n) is 6.89. The minimum atomic E-state index is -5.41. The number of aliphatic hydroxyl groups is 1. The fourth-order valence-corrected chi connectivity index (χ4v) is 2.15. The van der Waals surface area contributed by atoms with E-state index in [1.54, 1.807) is 0 Å². The zero-order valence-electron chi connectivity index (χ0n) is 13.1. The lowest BCUT2D eigenvalue weighted by Crippen LogP contribution is -2.36. The van der Waals surface area contributed by atoms with Crippen LogP contribution >= 0.6 is 7.82 Å². The summed E-state index contributed by atoms with van der Waals surface area (Å²) in [6.45, 7) is -2.29. The van der Waals surface area contributed by atoms with E-state index in [9.17, 15) is 23.7 Å². The zero-order chi connectivity index (χ0) is 18.5. The van der Waals surface area contributed by atoms with Gasteiger partial charge in [-0.3, -0.25) is 18.9 Å². The molecular formula is C10H14FN2O8P. The van der Waals surface area contributed by atoms with E-state index in [0.29, 0.717) is 4.57 Å².